The minimum absolute atomic E-state index is 0.501. The third-order valence-electron chi connectivity index (χ3n) is 2.10. The Bertz CT molecular complexity index is 209. The van der Waals surface area contributed by atoms with E-state index in [0.717, 1.165) is 0 Å². The molecule has 2 aliphatic rings. The third-order valence-corrected chi connectivity index (χ3v) is 2.10. The topological polar surface area (TPSA) is 24.1 Å². The molecule has 0 aromatic rings. The lowest BCUT2D eigenvalue weighted by atomic mass is 9.90. The first-order valence-corrected chi connectivity index (χ1v) is 4.15. The first-order chi connectivity index (χ1) is 5.97. The van der Waals surface area contributed by atoms with Gasteiger partial charge in [0, 0.05) is 11.8 Å². The summed E-state index contributed by atoms with van der Waals surface area (Å²) in [6.07, 6.45) is 16.6. The minimum Gasteiger partial charge on any atom is -0.368 e. The summed E-state index contributed by atoms with van der Waals surface area (Å²) in [4.78, 5) is 0. The van der Waals surface area contributed by atoms with Gasteiger partial charge in [0.2, 0.25) is 0 Å². The van der Waals surface area contributed by atoms with Crippen LogP contribution in [0.1, 0.15) is 0 Å². The van der Waals surface area contributed by atoms with Crippen LogP contribution in [0.3, 0.4) is 0 Å². The van der Waals surface area contributed by atoms with Gasteiger partial charge in [-0.25, -0.2) is 0 Å². The Balaban J connectivity index is 2.07. The molecule has 0 fully saturated rings. The van der Waals surface area contributed by atoms with Gasteiger partial charge in [0.1, 0.15) is 0 Å². The van der Waals surface area contributed by atoms with Crippen molar-refractivity contribution in [3.63, 3.8) is 0 Å². The molecule has 0 saturated heterocycles. The van der Waals surface area contributed by atoms with Gasteiger partial charge in [0.05, 0.1) is 0 Å². The molecule has 12 heavy (non-hydrogen) atoms. The summed E-state index contributed by atoms with van der Waals surface area (Å²) in [5.41, 5.74) is 0. The molecular weight excluding hydrogens is 148 g/mol. The second-order valence-corrected chi connectivity index (χ2v) is 2.92. The van der Waals surface area contributed by atoms with E-state index in [1.807, 2.05) is 24.8 Å². The predicted octanol–water partition coefficient (Wildman–Crippen LogP) is 1.48. The summed E-state index contributed by atoms with van der Waals surface area (Å²) in [5, 5.41) is 6.06. The molecule has 2 nitrogen and oxygen atoms in total. The third kappa shape index (κ3) is 1.42. The number of rotatable bonds is 1. The van der Waals surface area contributed by atoms with Crippen molar-refractivity contribution < 1.29 is 0 Å². The fourth-order valence-electron chi connectivity index (χ4n) is 1.42. The average molecular weight is 160 g/mol. The Morgan fingerprint density at radius 3 is 1.25 bits per heavy atom. The highest BCUT2D eigenvalue weighted by Gasteiger charge is 2.13. The Morgan fingerprint density at radius 1 is 0.583 bits per heavy atom. The zero-order chi connectivity index (χ0) is 8.23. The van der Waals surface area contributed by atoms with Crippen LogP contribution in [-0.4, -0.2) is 0 Å². The van der Waals surface area contributed by atoms with Crippen LogP contribution in [0, 0.1) is 11.8 Å². The van der Waals surface area contributed by atoms with E-state index in [1.54, 1.807) is 0 Å². The van der Waals surface area contributed by atoms with Crippen molar-refractivity contribution in [3.8, 4) is 0 Å². The lowest BCUT2D eigenvalue weighted by molar-refractivity contribution is 0.648. The van der Waals surface area contributed by atoms with Gasteiger partial charge in [0.25, 0.3) is 0 Å². The van der Waals surface area contributed by atoms with Gasteiger partial charge in [-0.2, -0.15) is 0 Å². The highest BCUT2D eigenvalue weighted by Crippen LogP contribution is 2.20. The van der Waals surface area contributed by atoms with Crippen molar-refractivity contribution in [3.05, 3.63) is 49.1 Å². The van der Waals surface area contributed by atoms with E-state index < -0.39 is 0 Å². The van der Waals surface area contributed by atoms with E-state index in [9.17, 15) is 0 Å². The Hall–Kier alpha value is -1.44. The molecule has 0 amide bonds. The molecule has 2 aliphatic heterocycles. The minimum atomic E-state index is 0.501. The smallest absolute Gasteiger partial charge is 0.00801 e. The number of dihydropyridines is 2. The van der Waals surface area contributed by atoms with Gasteiger partial charge in [0.15, 0.2) is 0 Å². The summed E-state index contributed by atoms with van der Waals surface area (Å²) in [7, 11) is 0. The van der Waals surface area contributed by atoms with Crippen LogP contribution in [0.25, 0.3) is 0 Å². The first kappa shape index (κ1) is 7.22. The molecule has 0 aromatic heterocycles. The Labute approximate surface area is 72.4 Å². The molecule has 0 bridgehead atoms. The maximum atomic E-state index is 3.03. The average Bonchev–Trinajstić information content (AvgIpc) is 2.21. The van der Waals surface area contributed by atoms with Crippen LogP contribution in [-0.2, 0) is 0 Å². The maximum absolute atomic E-state index is 3.03. The van der Waals surface area contributed by atoms with Gasteiger partial charge in [-0.15, -0.1) is 0 Å². The lowest BCUT2D eigenvalue weighted by Gasteiger charge is -2.19. The van der Waals surface area contributed by atoms with Crippen LogP contribution in [0.2, 0.25) is 0 Å². The molecule has 0 unspecified atom stereocenters. The highest BCUT2D eigenvalue weighted by atomic mass is 14.8. The molecule has 2 heterocycles. The Kier molecular flexibility index (Phi) is 1.99. The zero-order valence-corrected chi connectivity index (χ0v) is 6.77. The van der Waals surface area contributed by atoms with Crippen molar-refractivity contribution in [2.45, 2.75) is 0 Å². The van der Waals surface area contributed by atoms with Crippen molar-refractivity contribution in [2.75, 3.05) is 0 Å². The highest BCUT2D eigenvalue weighted by molar-refractivity contribution is 5.18. The Morgan fingerprint density at radius 2 is 0.917 bits per heavy atom. The summed E-state index contributed by atoms with van der Waals surface area (Å²) in [6, 6.07) is 0. The summed E-state index contributed by atoms with van der Waals surface area (Å²) < 4.78 is 0. The van der Waals surface area contributed by atoms with Gasteiger partial charge >= 0.3 is 0 Å². The summed E-state index contributed by atoms with van der Waals surface area (Å²) in [5.74, 6) is 1.00. The molecular formula is C10H12N2. The molecule has 0 radical (unpaired) electrons. The van der Waals surface area contributed by atoms with Gasteiger partial charge in [-0.3, -0.25) is 0 Å². The quantitative estimate of drug-likeness (QED) is 0.607. The summed E-state index contributed by atoms with van der Waals surface area (Å²) in [6.45, 7) is 0. The normalized spacial score (nSPS) is 22.3. The van der Waals surface area contributed by atoms with Gasteiger partial charge in [-0.1, -0.05) is 24.3 Å². The largest absolute Gasteiger partial charge is 0.368 e. The molecule has 2 heteroatoms. The molecule has 0 aromatic carbocycles. The number of hydrogen-bond donors (Lipinski definition) is 2. The van der Waals surface area contributed by atoms with Crippen LogP contribution >= 0.6 is 0 Å². The fourth-order valence-corrected chi connectivity index (χ4v) is 1.42. The van der Waals surface area contributed by atoms with Gasteiger partial charge < -0.3 is 10.6 Å². The van der Waals surface area contributed by atoms with Gasteiger partial charge in [-0.05, 0) is 24.8 Å². The number of allylic oxidation sites excluding steroid dienone is 4. The fraction of sp³-hybridized carbons (Fsp3) is 0.200. The predicted molar refractivity (Wildman–Crippen MR) is 49.8 cm³/mol. The van der Waals surface area contributed by atoms with E-state index in [-0.39, 0.29) is 0 Å². The van der Waals surface area contributed by atoms with E-state index in [2.05, 4.69) is 34.9 Å². The molecule has 0 atom stereocenters. The zero-order valence-electron chi connectivity index (χ0n) is 6.77. The number of nitrogens with one attached hydrogen (secondary N) is 2. The van der Waals surface area contributed by atoms with Crippen LogP contribution < -0.4 is 10.6 Å². The van der Waals surface area contributed by atoms with Crippen LogP contribution in [0.15, 0.2) is 49.1 Å². The first-order valence-electron chi connectivity index (χ1n) is 4.15. The molecule has 62 valence electrons. The molecule has 0 spiro atoms. The summed E-state index contributed by atoms with van der Waals surface area (Å²) >= 11 is 0. The monoisotopic (exact) mass is 160 g/mol. The lowest BCUT2D eigenvalue weighted by Crippen LogP contribution is -2.14. The van der Waals surface area contributed by atoms with Crippen molar-refractivity contribution in [1.29, 1.82) is 0 Å². The number of hydrogen-bond acceptors (Lipinski definition) is 2. The SMILES string of the molecule is C1=CC(C2C=CNC=C2)C=CN1. The molecule has 2 rings (SSSR count). The maximum Gasteiger partial charge on any atom is 0.00801 e. The van der Waals surface area contributed by atoms with E-state index in [1.165, 1.54) is 0 Å². The van der Waals surface area contributed by atoms with Crippen molar-refractivity contribution in [2.24, 2.45) is 11.8 Å². The van der Waals surface area contributed by atoms with E-state index in [4.69, 9.17) is 0 Å². The van der Waals surface area contributed by atoms with Crippen molar-refractivity contribution >= 4 is 0 Å². The van der Waals surface area contributed by atoms with E-state index >= 15 is 0 Å². The molecule has 0 saturated carbocycles. The standard InChI is InChI=1S/C10H12N2/c1-5-11-6-2-9(1)10-3-7-12-8-4-10/h1-12H. The van der Waals surface area contributed by atoms with Crippen LogP contribution in [0.4, 0.5) is 0 Å². The van der Waals surface area contributed by atoms with Crippen molar-refractivity contribution in [1.82, 2.24) is 10.6 Å². The van der Waals surface area contributed by atoms with Crippen LogP contribution in [0.5, 0.6) is 0 Å². The molecule has 2 N–H and O–H groups in total. The second kappa shape index (κ2) is 3.30. The molecule has 0 aliphatic carbocycles. The van der Waals surface area contributed by atoms with E-state index in [0.29, 0.717) is 11.8 Å². The second-order valence-electron chi connectivity index (χ2n) is 2.92.